The van der Waals surface area contributed by atoms with Gasteiger partial charge in [-0.15, -0.1) is 0 Å². The zero-order valence-electron chi connectivity index (χ0n) is 15.5. The lowest BCUT2D eigenvalue weighted by atomic mass is 9.95. The van der Waals surface area contributed by atoms with Crippen LogP contribution in [0.1, 0.15) is 34.9 Å². The molecule has 4 rings (SSSR count). The molecular weight excluding hydrogens is 406 g/mol. The van der Waals surface area contributed by atoms with Crippen LogP contribution in [0.4, 0.5) is 17.6 Å². The van der Waals surface area contributed by atoms with Crippen LogP contribution in [-0.4, -0.2) is 38.9 Å². The van der Waals surface area contributed by atoms with E-state index in [1.165, 1.54) is 42.3 Å². The molecule has 10 heteroatoms. The lowest BCUT2D eigenvalue weighted by Gasteiger charge is -2.13. The van der Waals surface area contributed by atoms with Gasteiger partial charge in [-0.05, 0) is 24.3 Å². The lowest BCUT2D eigenvalue weighted by molar-refractivity contribution is 0.0697. The first-order valence-corrected chi connectivity index (χ1v) is 8.84. The van der Waals surface area contributed by atoms with Crippen LogP contribution in [0.25, 0.3) is 22.4 Å². The number of carbonyl (C=O) groups is 1. The summed E-state index contributed by atoms with van der Waals surface area (Å²) >= 11 is 0. The topological polar surface area (TPSA) is 77.2 Å². The van der Waals surface area contributed by atoms with Gasteiger partial charge in [-0.3, -0.25) is 9.67 Å². The van der Waals surface area contributed by atoms with Crippen molar-refractivity contribution in [2.24, 2.45) is 0 Å². The molecule has 1 aliphatic rings. The number of alkyl halides is 4. The van der Waals surface area contributed by atoms with Gasteiger partial charge in [0.15, 0.2) is 0 Å². The van der Waals surface area contributed by atoms with Gasteiger partial charge in [0, 0.05) is 29.3 Å². The Kier molecular flexibility index (Phi) is 4.71. The summed E-state index contributed by atoms with van der Waals surface area (Å²) in [5.74, 6) is -3.95. The fourth-order valence-corrected chi connectivity index (χ4v) is 3.22. The highest BCUT2D eigenvalue weighted by Gasteiger charge is 2.59. The predicted octanol–water partition coefficient (Wildman–Crippen LogP) is 4.84. The summed E-state index contributed by atoms with van der Waals surface area (Å²) in [6.07, 6.45) is -0.628. The minimum absolute atomic E-state index is 0.113. The summed E-state index contributed by atoms with van der Waals surface area (Å²) in [6, 6.07) is 5.83. The van der Waals surface area contributed by atoms with Crippen LogP contribution in [-0.2, 0) is 0 Å². The van der Waals surface area contributed by atoms with E-state index in [9.17, 15) is 27.5 Å². The Labute approximate surface area is 167 Å². The van der Waals surface area contributed by atoms with Crippen LogP contribution >= 0.6 is 0 Å². The van der Waals surface area contributed by atoms with Crippen LogP contribution in [0.3, 0.4) is 0 Å². The van der Waals surface area contributed by atoms with Crippen molar-refractivity contribution in [3.05, 3.63) is 54.0 Å². The van der Waals surface area contributed by atoms with Crippen LogP contribution < -0.4 is 4.74 Å². The van der Waals surface area contributed by atoms with Gasteiger partial charge in [0.2, 0.25) is 0 Å². The smallest absolute Gasteiger partial charge is 0.336 e. The second kappa shape index (κ2) is 7.12. The average molecular weight is 421 g/mol. The molecule has 2 aromatic heterocycles. The number of hydrogen-bond donors (Lipinski definition) is 1. The summed E-state index contributed by atoms with van der Waals surface area (Å²) in [5.41, 5.74) is 0.347. The molecule has 0 aliphatic heterocycles. The molecule has 1 aliphatic carbocycles. The molecule has 1 aromatic carbocycles. The summed E-state index contributed by atoms with van der Waals surface area (Å²) in [7, 11) is 1.31. The molecule has 0 saturated heterocycles. The molecule has 3 aromatic rings. The Hall–Kier alpha value is -3.43. The number of carboxylic acid groups (broad SMARTS) is 1. The van der Waals surface area contributed by atoms with E-state index in [0.29, 0.717) is 11.3 Å². The number of benzene rings is 1. The second-order valence-electron chi connectivity index (χ2n) is 6.84. The number of hydrogen-bond acceptors (Lipinski definition) is 4. The number of nitrogens with zero attached hydrogens (tertiary/aromatic N) is 3. The third-order valence-corrected chi connectivity index (χ3v) is 4.89. The van der Waals surface area contributed by atoms with Crippen molar-refractivity contribution in [2.45, 2.75) is 24.8 Å². The Balaban J connectivity index is 1.82. The van der Waals surface area contributed by atoms with Crippen molar-refractivity contribution in [1.29, 1.82) is 0 Å². The monoisotopic (exact) mass is 421 g/mol. The first-order valence-electron chi connectivity index (χ1n) is 8.84. The zero-order valence-corrected chi connectivity index (χ0v) is 15.5. The SMILES string of the molecule is COc1cnc(C(F)F)cc1-c1cc(-c2ccn(C3CC3(F)F)n2)ccc1C(=O)O. The lowest BCUT2D eigenvalue weighted by Crippen LogP contribution is -2.04. The maximum absolute atomic E-state index is 13.3. The van der Waals surface area contributed by atoms with Crippen molar-refractivity contribution >= 4 is 5.97 Å². The average Bonchev–Trinajstić information content (AvgIpc) is 3.13. The summed E-state index contributed by atoms with van der Waals surface area (Å²) in [4.78, 5) is 15.4. The van der Waals surface area contributed by atoms with E-state index in [2.05, 4.69) is 10.1 Å². The molecule has 1 atom stereocenters. The fraction of sp³-hybridized carbons (Fsp3) is 0.250. The van der Waals surface area contributed by atoms with E-state index in [1.807, 2.05) is 0 Å². The molecule has 1 N–H and O–H groups in total. The third-order valence-electron chi connectivity index (χ3n) is 4.89. The molecule has 0 radical (unpaired) electrons. The molecule has 0 amide bonds. The first-order chi connectivity index (χ1) is 14.2. The predicted molar refractivity (Wildman–Crippen MR) is 98.0 cm³/mol. The van der Waals surface area contributed by atoms with Crippen molar-refractivity contribution in [1.82, 2.24) is 14.8 Å². The van der Waals surface area contributed by atoms with Gasteiger partial charge in [-0.2, -0.15) is 5.10 Å². The number of methoxy groups -OCH3 is 1. The Morgan fingerprint density at radius 1 is 1.27 bits per heavy atom. The van der Waals surface area contributed by atoms with E-state index in [0.717, 1.165) is 12.3 Å². The Morgan fingerprint density at radius 2 is 2.00 bits per heavy atom. The molecular formula is C20H15F4N3O3. The second-order valence-corrected chi connectivity index (χ2v) is 6.84. The molecule has 1 fully saturated rings. The van der Waals surface area contributed by atoms with E-state index in [4.69, 9.17) is 4.74 Å². The quantitative estimate of drug-likeness (QED) is 0.577. The third kappa shape index (κ3) is 3.49. The minimum atomic E-state index is -2.86. The number of rotatable bonds is 6. The number of halogens is 4. The van der Waals surface area contributed by atoms with Gasteiger partial charge in [0.25, 0.3) is 12.3 Å². The largest absolute Gasteiger partial charge is 0.494 e. The highest BCUT2D eigenvalue weighted by Crippen LogP contribution is 2.52. The van der Waals surface area contributed by atoms with Crippen LogP contribution in [0.5, 0.6) is 5.75 Å². The van der Waals surface area contributed by atoms with E-state index in [1.54, 1.807) is 0 Å². The van der Waals surface area contributed by atoms with Gasteiger partial charge in [-0.25, -0.2) is 22.4 Å². The van der Waals surface area contributed by atoms with Crippen molar-refractivity contribution in [2.75, 3.05) is 7.11 Å². The van der Waals surface area contributed by atoms with Crippen LogP contribution in [0.15, 0.2) is 42.7 Å². The van der Waals surface area contributed by atoms with E-state index in [-0.39, 0.29) is 28.9 Å². The highest BCUT2D eigenvalue weighted by atomic mass is 19.3. The van der Waals surface area contributed by atoms with Crippen LogP contribution in [0.2, 0.25) is 0 Å². The molecule has 2 heterocycles. The number of ether oxygens (including phenoxy) is 1. The van der Waals surface area contributed by atoms with Gasteiger partial charge in [0.05, 0.1) is 24.6 Å². The van der Waals surface area contributed by atoms with Gasteiger partial charge >= 0.3 is 5.97 Å². The number of carboxylic acids is 1. The van der Waals surface area contributed by atoms with Crippen LogP contribution in [0, 0.1) is 0 Å². The molecule has 1 unspecified atom stereocenters. The fourth-order valence-electron chi connectivity index (χ4n) is 3.22. The van der Waals surface area contributed by atoms with E-state index >= 15 is 0 Å². The van der Waals surface area contributed by atoms with Crippen molar-refractivity contribution < 1.29 is 32.2 Å². The van der Waals surface area contributed by atoms with Crippen molar-refractivity contribution in [3.8, 4) is 28.1 Å². The number of aromatic carboxylic acids is 1. The minimum Gasteiger partial charge on any atom is -0.494 e. The molecule has 0 spiro atoms. The normalized spacial score (nSPS) is 17.2. The number of pyridine rings is 1. The standard InChI is InChI=1S/C20H15F4N3O3/c1-30-16-9-25-15(18(21)22)7-13(16)12-6-10(2-3-11(12)19(28)29)14-4-5-27(26-14)17-8-20(17,23)24/h2-7,9,17-18H,8H2,1H3,(H,28,29). The summed E-state index contributed by atoms with van der Waals surface area (Å²) in [6.45, 7) is 0. The molecule has 6 nitrogen and oxygen atoms in total. The maximum atomic E-state index is 13.3. The maximum Gasteiger partial charge on any atom is 0.336 e. The molecule has 30 heavy (non-hydrogen) atoms. The van der Waals surface area contributed by atoms with Gasteiger partial charge < -0.3 is 9.84 Å². The van der Waals surface area contributed by atoms with Crippen molar-refractivity contribution in [3.63, 3.8) is 0 Å². The highest BCUT2D eigenvalue weighted by molar-refractivity contribution is 5.98. The van der Waals surface area contributed by atoms with Gasteiger partial charge in [0.1, 0.15) is 17.5 Å². The van der Waals surface area contributed by atoms with E-state index < -0.39 is 30.1 Å². The summed E-state index contributed by atoms with van der Waals surface area (Å²) in [5, 5.41) is 13.7. The Bertz CT molecular complexity index is 1130. The molecule has 156 valence electrons. The Morgan fingerprint density at radius 3 is 2.60 bits per heavy atom. The number of aromatic nitrogens is 3. The van der Waals surface area contributed by atoms with Gasteiger partial charge in [-0.1, -0.05) is 6.07 Å². The molecule has 1 saturated carbocycles. The zero-order chi connectivity index (χ0) is 21.6. The first kappa shape index (κ1) is 19.9. The summed E-state index contributed by atoms with van der Waals surface area (Å²) < 4.78 is 59.3. The molecule has 0 bridgehead atoms.